The standard InChI is InChI=1S/C25H31N5O4/c26-13-19-12-20(6-7-23(19)27)29-21-5-2-10-30(15-21)14-17-3-1-4-18(11-17)24(31)28-9-8-22-16-33-25(32)34-22/h1,3-4,6-7,11-13,21-22,26,29H,2,5,8-10,14-16,27H2,(H,28,31). The van der Waals surface area contributed by atoms with E-state index in [-0.39, 0.29) is 18.6 Å². The van der Waals surface area contributed by atoms with Gasteiger partial charge in [-0.05, 0) is 55.3 Å². The van der Waals surface area contributed by atoms with Gasteiger partial charge in [0.2, 0.25) is 0 Å². The average Bonchev–Trinajstić information content (AvgIpc) is 3.25. The molecule has 9 heteroatoms. The average molecular weight is 466 g/mol. The van der Waals surface area contributed by atoms with Crippen molar-refractivity contribution in [1.82, 2.24) is 10.2 Å². The van der Waals surface area contributed by atoms with Crippen LogP contribution in [0.1, 0.15) is 40.7 Å². The van der Waals surface area contributed by atoms with Crippen LogP contribution in [0.3, 0.4) is 0 Å². The second kappa shape index (κ2) is 11.0. The number of piperidine rings is 1. The fraction of sp³-hybridized carbons (Fsp3) is 0.400. The summed E-state index contributed by atoms with van der Waals surface area (Å²) >= 11 is 0. The quantitative estimate of drug-likeness (QED) is 0.254. The topological polar surface area (TPSA) is 130 Å². The molecule has 180 valence electrons. The smallest absolute Gasteiger partial charge is 0.430 e. The molecule has 2 atom stereocenters. The molecule has 9 nitrogen and oxygen atoms in total. The number of ether oxygens (including phenoxy) is 2. The van der Waals surface area contributed by atoms with E-state index in [4.69, 9.17) is 20.6 Å². The number of nitrogens with zero attached hydrogens (tertiary/aromatic N) is 1. The molecular weight excluding hydrogens is 434 g/mol. The highest BCUT2D eigenvalue weighted by Crippen LogP contribution is 2.21. The summed E-state index contributed by atoms with van der Waals surface area (Å²) in [4.78, 5) is 25.9. The molecule has 0 saturated carbocycles. The summed E-state index contributed by atoms with van der Waals surface area (Å²) in [6, 6.07) is 13.7. The van der Waals surface area contributed by atoms with E-state index in [0.29, 0.717) is 35.8 Å². The molecule has 0 bridgehead atoms. The number of nitrogens with two attached hydrogens (primary N) is 1. The summed E-state index contributed by atoms with van der Waals surface area (Å²) in [5.74, 6) is -0.143. The van der Waals surface area contributed by atoms with Crippen LogP contribution in [0.25, 0.3) is 0 Å². The van der Waals surface area contributed by atoms with Crippen molar-refractivity contribution in [3.05, 3.63) is 59.2 Å². The summed E-state index contributed by atoms with van der Waals surface area (Å²) < 4.78 is 9.73. The number of benzene rings is 2. The maximum absolute atomic E-state index is 12.6. The Kier molecular flexibility index (Phi) is 7.64. The first-order valence-electron chi connectivity index (χ1n) is 11.6. The van der Waals surface area contributed by atoms with Crippen LogP contribution in [0.4, 0.5) is 16.2 Å². The molecule has 2 aliphatic heterocycles. The highest BCUT2D eigenvalue weighted by atomic mass is 16.8. The Hall–Kier alpha value is -3.59. The predicted molar refractivity (Wildman–Crippen MR) is 130 cm³/mol. The molecular formula is C25H31N5O4. The van der Waals surface area contributed by atoms with Crippen molar-refractivity contribution in [2.75, 3.05) is 37.3 Å². The first-order chi connectivity index (χ1) is 16.5. The van der Waals surface area contributed by atoms with Gasteiger partial charge in [0.15, 0.2) is 0 Å². The number of amides is 1. The summed E-state index contributed by atoms with van der Waals surface area (Å²) in [6.07, 6.45) is 3.00. The van der Waals surface area contributed by atoms with Crippen LogP contribution >= 0.6 is 0 Å². The van der Waals surface area contributed by atoms with Crippen molar-refractivity contribution in [3.63, 3.8) is 0 Å². The number of nitrogen functional groups attached to an aromatic ring is 1. The van der Waals surface area contributed by atoms with Crippen molar-refractivity contribution in [3.8, 4) is 0 Å². The Morgan fingerprint density at radius 1 is 1.26 bits per heavy atom. The van der Waals surface area contributed by atoms with Crippen LogP contribution in [0.15, 0.2) is 42.5 Å². The number of carbonyl (C=O) groups excluding carboxylic acids is 2. The number of likely N-dealkylation sites (tertiary alicyclic amines) is 1. The molecule has 0 aromatic heterocycles. The van der Waals surface area contributed by atoms with Crippen molar-refractivity contribution in [2.45, 2.75) is 38.0 Å². The zero-order valence-electron chi connectivity index (χ0n) is 19.1. The van der Waals surface area contributed by atoms with Gasteiger partial charge in [0, 0.05) is 60.8 Å². The molecule has 2 fully saturated rings. The van der Waals surface area contributed by atoms with E-state index in [9.17, 15) is 9.59 Å². The van der Waals surface area contributed by atoms with Crippen LogP contribution in [0, 0.1) is 5.41 Å². The van der Waals surface area contributed by atoms with Gasteiger partial charge in [-0.2, -0.15) is 0 Å². The second-order valence-electron chi connectivity index (χ2n) is 8.75. The van der Waals surface area contributed by atoms with Crippen molar-refractivity contribution >= 4 is 29.7 Å². The van der Waals surface area contributed by atoms with E-state index < -0.39 is 6.16 Å². The number of cyclic esters (lactones) is 2. The van der Waals surface area contributed by atoms with Gasteiger partial charge in [-0.3, -0.25) is 9.69 Å². The van der Waals surface area contributed by atoms with Crippen molar-refractivity contribution in [1.29, 1.82) is 5.41 Å². The fourth-order valence-electron chi connectivity index (χ4n) is 4.37. The van der Waals surface area contributed by atoms with E-state index >= 15 is 0 Å². The molecule has 2 aromatic carbocycles. The highest BCUT2D eigenvalue weighted by Gasteiger charge is 2.24. The third kappa shape index (κ3) is 6.26. The van der Waals surface area contributed by atoms with E-state index in [1.54, 1.807) is 6.07 Å². The molecule has 2 aromatic rings. The third-order valence-electron chi connectivity index (χ3n) is 6.12. The number of anilines is 2. The molecule has 2 saturated heterocycles. The van der Waals surface area contributed by atoms with Gasteiger partial charge >= 0.3 is 6.16 Å². The maximum atomic E-state index is 12.6. The minimum atomic E-state index is -0.649. The largest absolute Gasteiger partial charge is 0.508 e. The minimum absolute atomic E-state index is 0.143. The van der Waals surface area contributed by atoms with Crippen LogP contribution in [0.2, 0.25) is 0 Å². The molecule has 0 spiro atoms. The van der Waals surface area contributed by atoms with Gasteiger partial charge < -0.3 is 31.3 Å². The molecule has 5 N–H and O–H groups in total. The second-order valence-corrected chi connectivity index (χ2v) is 8.75. The highest BCUT2D eigenvalue weighted by molar-refractivity contribution is 5.94. The van der Waals surface area contributed by atoms with Gasteiger partial charge in [0.25, 0.3) is 5.91 Å². The lowest BCUT2D eigenvalue weighted by atomic mass is 10.0. The molecule has 2 aliphatic rings. The monoisotopic (exact) mass is 465 g/mol. The maximum Gasteiger partial charge on any atom is 0.508 e. The number of rotatable bonds is 9. The first-order valence-corrected chi connectivity index (χ1v) is 11.6. The Labute approximate surface area is 199 Å². The lowest BCUT2D eigenvalue weighted by Crippen LogP contribution is -2.41. The lowest BCUT2D eigenvalue weighted by molar-refractivity contribution is 0.0943. The van der Waals surface area contributed by atoms with Crippen molar-refractivity contribution in [2.24, 2.45) is 0 Å². The molecule has 0 radical (unpaired) electrons. The number of hydrogen-bond acceptors (Lipinski definition) is 8. The van der Waals surface area contributed by atoms with Crippen LogP contribution in [0.5, 0.6) is 0 Å². The summed E-state index contributed by atoms with van der Waals surface area (Å²) in [5.41, 5.74) is 9.89. The number of carbonyl (C=O) groups is 2. The van der Waals surface area contributed by atoms with E-state index in [1.165, 1.54) is 6.21 Å². The zero-order valence-corrected chi connectivity index (χ0v) is 19.1. The normalized spacial score (nSPS) is 20.3. The van der Waals surface area contributed by atoms with Gasteiger partial charge in [-0.25, -0.2) is 4.79 Å². The van der Waals surface area contributed by atoms with Gasteiger partial charge in [-0.15, -0.1) is 0 Å². The fourth-order valence-corrected chi connectivity index (χ4v) is 4.37. The van der Waals surface area contributed by atoms with Crippen molar-refractivity contribution < 1.29 is 19.1 Å². The summed E-state index contributed by atoms with van der Waals surface area (Å²) in [6.45, 7) is 3.31. The first kappa shape index (κ1) is 23.6. The Morgan fingerprint density at radius 2 is 2.15 bits per heavy atom. The third-order valence-corrected chi connectivity index (χ3v) is 6.12. The molecule has 34 heavy (non-hydrogen) atoms. The minimum Gasteiger partial charge on any atom is -0.430 e. The van der Waals surface area contributed by atoms with Gasteiger partial charge in [0.05, 0.1) is 0 Å². The molecule has 4 rings (SSSR count). The van der Waals surface area contributed by atoms with E-state index in [2.05, 4.69) is 15.5 Å². The summed E-state index contributed by atoms with van der Waals surface area (Å²) in [7, 11) is 0. The van der Waals surface area contributed by atoms with E-state index in [1.807, 2.05) is 36.4 Å². The van der Waals surface area contributed by atoms with Crippen LogP contribution < -0.4 is 16.4 Å². The number of nitrogens with one attached hydrogen (secondary N) is 3. The van der Waals surface area contributed by atoms with Gasteiger partial charge in [0.1, 0.15) is 12.7 Å². The predicted octanol–water partition coefficient (Wildman–Crippen LogP) is 3.00. The number of hydrogen-bond donors (Lipinski definition) is 4. The van der Waals surface area contributed by atoms with Crippen LogP contribution in [-0.4, -0.2) is 61.6 Å². The Balaban J connectivity index is 1.28. The Morgan fingerprint density at radius 3 is 2.94 bits per heavy atom. The molecule has 1 amide bonds. The zero-order chi connectivity index (χ0) is 23.9. The lowest BCUT2D eigenvalue weighted by Gasteiger charge is -2.34. The SMILES string of the molecule is N=Cc1cc(NC2CCCN(Cc3cccc(C(=O)NCCC4COC(=O)O4)c3)C2)ccc1N. The van der Waals surface area contributed by atoms with Gasteiger partial charge in [-0.1, -0.05) is 12.1 Å². The molecule has 2 unspecified atom stereocenters. The Bertz CT molecular complexity index is 1040. The van der Waals surface area contributed by atoms with Crippen LogP contribution in [-0.2, 0) is 16.0 Å². The van der Waals surface area contributed by atoms with E-state index in [0.717, 1.165) is 43.7 Å². The summed E-state index contributed by atoms with van der Waals surface area (Å²) in [5, 5.41) is 14.0. The molecule has 0 aliphatic carbocycles. The molecule has 2 heterocycles.